The standard InChI is InChI=1S/C10H7ClF3N3S/c11-9-16-7(10(12,13)14)4-8(17-9)15-5-6-2-1-3-18-6/h1-4H,5H2,(H,15,16,17). The molecule has 0 aromatic carbocycles. The summed E-state index contributed by atoms with van der Waals surface area (Å²) >= 11 is 6.95. The number of hydrogen-bond acceptors (Lipinski definition) is 4. The van der Waals surface area contributed by atoms with E-state index in [1.807, 2.05) is 17.5 Å². The van der Waals surface area contributed by atoms with E-state index < -0.39 is 17.2 Å². The number of thiophene rings is 1. The summed E-state index contributed by atoms with van der Waals surface area (Å²) < 4.78 is 37.5. The van der Waals surface area contributed by atoms with Crippen LogP contribution in [0.1, 0.15) is 10.6 Å². The summed E-state index contributed by atoms with van der Waals surface area (Å²) in [5.74, 6) is 0.0516. The molecule has 8 heteroatoms. The van der Waals surface area contributed by atoms with Crippen LogP contribution in [-0.2, 0) is 12.7 Å². The third-order valence-corrected chi connectivity index (χ3v) is 3.06. The lowest BCUT2D eigenvalue weighted by Crippen LogP contribution is -2.11. The molecule has 0 amide bonds. The summed E-state index contributed by atoms with van der Waals surface area (Å²) in [6.45, 7) is 0.391. The summed E-state index contributed by atoms with van der Waals surface area (Å²) in [6.07, 6.45) is -4.54. The number of anilines is 1. The molecule has 2 heterocycles. The van der Waals surface area contributed by atoms with Gasteiger partial charge in [-0.1, -0.05) is 6.07 Å². The smallest absolute Gasteiger partial charge is 0.365 e. The van der Waals surface area contributed by atoms with Crippen molar-refractivity contribution in [3.05, 3.63) is 39.4 Å². The lowest BCUT2D eigenvalue weighted by Gasteiger charge is -2.09. The van der Waals surface area contributed by atoms with E-state index >= 15 is 0 Å². The second kappa shape index (κ2) is 5.11. The van der Waals surface area contributed by atoms with Crippen molar-refractivity contribution in [1.29, 1.82) is 0 Å². The fraction of sp³-hybridized carbons (Fsp3) is 0.200. The zero-order valence-corrected chi connectivity index (χ0v) is 10.4. The minimum absolute atomic E-state index is 0.0516. The Balaban J connectivity index is 2.15. The molecule has 2 aromatic heterocycles. The van der Waals surface area contributed by atoms with Crippen LogP contribution in [0.25, 0.3) is 0 Å². The van der Waals surface area contributed by atoms with E-state index in [2.05, 4.69) is 15.3 Å². The van der Waals surface area contributed by atoms with Crippen molar-refractivity contribution in [3.8, 4) is 0 Å². The van der Waals surface area contributed by atoms with Crippen molar-refractivity contribution < 1.29 is 13.2 Å². The number of halogens is 4. The van der Waals surface area contributed by atoms with Gasteiger partial charge in [-0.05, 0) is 23.0 Å². The first kappa shape index (κ1) is 13.1. The first-order valence-electron chi connectivity index (χ1n) is 4.83. The van der Waals surface area contributed by atoms with E-state index in [0.29, 0.717) is 6.54 Å². The summed E-state index contributed by atoms with van der Waals surface area (Å²) in [5, 5.41) is 4.22. The molecule has 18 heavy (non-hydrogen) atoms. The quantitative estimate of drug-likeness (QED) is 0.874. The largest absolute Gasteiger partial charge is 0.433 e. The van der Waals surface area contributed by atoms with E-state index in [9.17, 15) is 13.2 Å². The molecule has 0 aliphatic heterocycles. The molecule has 3 nitrogen and oxygen atoms in total. The lowest BCUT2D eigenvalue weighted by atomic mass is 10.3. The van der Waals surface area contributed by atoms with Crippen molar-refractivity contribution in [2.75, 3.05) is 5.32 Å². The van der Waals surface area contributed by atoms with E-state index in [4.69, 9.17) is 11.6 Å². The van der Waals surface area contributed by atoms with Crippen molar-refractivity contribution in [2.24, 2.45) is 0 Å². The predicted octanol–water partition coefficient (Wildman–Crippen LogP) is 3.82. The number of hydrogen-bond donors (Lipinski definition) is 1. The van der Waals surface area contributed by atoms with Gasteiger partial charge in [0.2, 0.25) is 5.28 Å². The highest BCUT2D eigenvalue weighted by molar-refractivity contribution is 7.09. The lowest BCUT2D eigenvalue weighted by molar-refractivity contribution is -0.141. The van der Waals surface area contributed by atoms with Gasteiger partial charge >= 0.3 is 6.18 Å². The number of nitrogens with zero attached hydrogens (tertiary/aromatic N) is 2. The Morgan fingerprint density at radius 2 is 2.11 bits per heavy atom. The summed E-state index contributed by atoms with van der Waals surface area (Å²) in [4.78, 5) is 7.82. The van der Waals surface area contributed by atoms with Crippen LogP contribution in [0.5, 0.6) is 0 Å². The van der Waals surface area contributed by atoms with Gasteiger partial charge < -0.3 is 5.32 Å². The highest BCUT2D eigenvalue weighted by Crippen LogP contribution is 2.29. The van der Waals surface area contributed by atoms with Gasteiger partial charge in [-0.3, -0.25) is 0 Å². The van der Waals surface area contributed by atoms with E-state index in [1.54, 1.807) is 0 Å². The van der Waals surface area contributed by atoms with Crippen LogP contribution in [0, 0.1) is 0 Å². The molecule has 0 fully saturated rings. The van der Waals surface area contributed by atoms with Gasteiger partial charge in [0.1, 0.15) is 5.82 Å². The Morgan fingerprint density at radius 3 is 2.72 bits per heavy atom. The summed E-state index contributed by atoms with van der Waals surface area (Å²) in [5.41, 5.74) is -1.06. The SMILES string of the molecule is FC(F)(F)c1cc(NCc2cccs2)nc(Cl)n1. The molecular formula is C10H7ClF3N3S. The first-order valence-corrected chi connectivity index (χ1v) is 6.09. The zero-order chi connectivity index (χ0) is 13.2. The van der Waals surface area contributed by atoms with Crippen molar-refractivity contribution in [1.82, 2.24) is 9.97 Å². The second-order valence-electron chi connectivity index (χ2n) is 3.34. The molecule has 0 unspecified atom stereocenters. The average molecular weight is 294 g/mol. The van der Waals surface area contributed by atoms with Gasteiger partial charge in [0.05, 0.1) is 6.54 Å². The maximum absolute atomic E-state index is 12.5. The molecule has 0 aliphatic rings. The van der Waals surface area contributed by atoms with E-state index in [1.165, 1.54) is 11.3 Å². The van der Waals surface area contributed by atoms with Crippen LogP contribution < -0.4 is 5.32 Å². The average Bonchev–Trinajstić information content (AvgIpc) is 2.77. The summed E-state index contributed by atoms with van der Waals surface area (Å²) in [6, 6.07) is 4.56. The van der Waals surface area contributed by atoms with Crippen molar-refractivity contribution >= 4 is 28.8 Å². The number of aromatic nitrogens is 2. The number of nitrogens with one attached hydrogen (secondary N) is 1. The molecule has 0 radical (unpaired) electrons. The predicted molar refractivity (Wildman–Crippen MR) is 63.7 cm³/mol. The molecule has 0 saturated heterocycles. The Morgan fingerprint density at radius 1 is 1.33 bits per heavy atom. The highest BCUT2D eigenvalue weighted by Gasteiger charge is 2.33. The molecule has 0 spiro atoms. The van der Waals surface area contributed by atoms with Gasteiger partial charge in [-0.25, -0.2) is 9.97 Å². The monoisotopic (exact) mass is 293 g/mol. The Hall–Kier alpha value is -1.34. The number of alkyl halides is 3. The van der Waals surface area contributed by atoms with Crippen LogP contribution in [0.3, 0.4) is 0 Å². The highest BCUT2D eigenvalue weighted by atomic mass is 35.5. The topological polar surface area (TPSA) is 37.8 Å². The molecule has 96 valence electrons. The van der Waals surface area contributed by atoms with Gasteiger partial charge in [-0.15, -0.1) is 11.3 Å². The fourth-order valence-corrected chi connectivity index (χ4v) is 2.07. The Kier molecular flexibility index (Phi) is 3.72. The zero-order valence-electron chi connectivity index (χ0n) is 8.83. The molecule has 1 N–H and O–H groups in total. The third-order valence-electron chi connectivity index (χ3n) is 2.01. The molecule has 2 rings (SSSR count). The molecule has 2 aromatic rings. The van der Waals surface area contributed by atoms with E-state index in [-0.39, 0.29) is 5.82 Å². The fourth-order valence-electron chi connectivity index (χ4n) is 1.24. The second-order valence-corrected chi connectivity index (χ2v) is 4.71. The van der Waals surface area contributed by atoms with Crippen LogP contribution in [0.2, 0.25) is 5.28 Å². The van der Waals surface area contributed by atoms with Gasteiger partial charge in [-0.2, -0.15) is 13.2 Å². The van der Waals surface area contributed by atoms with Gasteiger partial charge in [0.15, 0.2) is 5.69 Å². The molecule has 0 bridgehead atoms. The third kappa shape index (κ3) is 3.33. The minimum Gasteiger partial charge on any atom is -0.365 e. The Bertz CT molecular complexity index is 528. The number of rotatable bonds is 3. The molecule has 0 saturated carbocycles. The van der Waals surface area contributed by atoms with Crippen molar-refractivity contribution in [2.45, 2.75) is 12.7 Å². The molecule has 0 atom stereocenters. The Labute approximate surface area is 110 Å². The molecular weight excluding hydrogens is 287 g/mol. The van der Waals surface area contributed by atoms with Crippen LogP contribution in [-0.4, -0.2) is 9.97 Å². The van der Waals surface area contributed by atoms with Gasteiger partial charge in [0.25, 0.3) is 0 Å². The minimum atomic E-state index is -4.54. The van der Waals surface area contributed by atoms with Crippen molar-refractivity contribution in [3.63, 3.8) is 0 Å². The normalized spacial score (nSPS) is 11.6. The van der Waals surface area contributed by atoms with Crippen LogP contribution >= 0.6 is 22.9 Å². The first-order chi connectivity index (χ1) is 8.45. The maximum atomic E-state index is 12.5. The van der Waals surface area contributed by atoms with E-state index in [0.717, 1.165) is 10.9 Å². The summed E-state index contributed by atoms with van der Waals surface area (Å²) in [7, 11) is 0. The molecule has 0 aliphatic carbocycles. The maximum Gasteiger partial charge on any atom is 0.433 e. The van der Waals surface area contributed by atoms with Crippen LogP contribution in [0.4, 0.5) is 19.0 Å². The van der Waals surface area contributed by atoms with Crippen LogP contribution in [0.15, 0.2) is 23.6 Å². The van der Waals surface area contributed by atoms with Gasteiger partial charge in [0, 0.05) is 10.9 Å².